The molecule has 5 rings (SSSR count). The number of aromatic nitrogens is 2. The smallest absolute Gasteiger partial charge is 0.150 e. The standard InChI is InChI=1S/C27H32N4O2/c28-20-9-12-22-19(16-20)8-13-23-26(22)29-24(14-17-4-2-1-3-5-17)27(30-23)31-25(33)15-18-6-10-21(32)11-7-18/h6-7,9-12,16-17,25,32-33H,1-5,8,13-15,28H2,(H,30,31). The van der Waals surface area contributed by atoms with Crippen molar-refractivity contribution in [3.05, 3.63) is 65.0 Å². The minimum absolute atomic E-state index is 0.221. The quantitative estimate of drug-likeness (QED) is 0.327. The van der Waals surface area contributed by atoms with E-state index in [-0.39, 0.29) is 5.75 Å². The number of benzene rings is 2. The fraction of sp³-hybridized carbons (Fsp3) is 0.407. The molecule has 2 aromatic carbocycles. The highest BCUT2D eigenvalue weighted by molar-refractivity contribution is 5.72. The predicted octanol–water partition coefficient (Wildman–Crippen LogP) is 4.63. The zero-order valence-corrected chi connectivity index (χ0v) is 18.9. The number of aromatic hydroxyl groups is 1. The van der Waals surface area contributed by atoms with Crippen molar-refractivity contribution in [2.45, 2.75) is 64.0 Å². The lowest BCUT2D eigenvalue weighted by Gasteiger charge is -2.26. The third-order valence-corrected chi connectivity index (χ3v) is 6.93. The number of nitrogens with zero attached hydrogens (tertiary/aromatic N) is 2. The average Bonchev–Trinajstić information content (AvgIpc) is 2.81. The van der Waals surface area contributed by atoms with Gasteiger partial charge in [0, 0.05) is 17.7 Å². The van der Waals surface area contributed by atoms with Crippen molar-refractivity contribution >= 4 is 11.5 Å². The normalized spacial score (nSPS) is 16.6. The third kappa shape index (κ3) is 4.96. The number of aliphatic hydroxyl groups excluding tert-OH is 1. The van der Waals surface area contributed by atoms with Crippen molar-refractivity contribution in [3.8, 4) is 17.0 Å². The molecule has 0 saturated heterocycles. The largest absolute Gasteiger partial charge is 0.508 e. The van der Waals surface area contributed by atoms with Crippen LogP contribution in [0.4, 0.5) is 11.5 Å². The molecule has 2 aliphatic carbocycles. The fourth-order valence-electron chi connectivity index (χ4n) is 5.19. The lowest BCUT2D eigenvalue weighted by molar-refractivity contribution is 0.203. The average molecular weight is 445 g/mol. The molecular weight excluding hydrogens is 412 g/mol. The van der Waals surface area contributed by atoms with Gasteiger partial charge in [-0.15, -0.1) is 0 Å². The lowest BCUT2D eigenvalue weighted by Crippen LogP contribution is -2.25. The van der Waals surface area contributed by atoms with E-state index in [9.17, 15) is 10.2 Å². The van der Waals surface area contributed by atoms with Gasteiger partial charge >= 0.3 is 0 Å². The summed E-state index contributed by atoms with van der Waals surface area (Å²) in [5.41, 5.74) is 13.0. The van der Waals surface area contributed by atoms with Crippen LogP contribution in [0.2, 0.25) is 0 Å². The summed E-state index contributed by atoms with van der Waals surface area (Å²) in [4.78, 5) is 10.1. The highest BCUT2D eigenvalue weighted by Gasteiger charge is 2.24. The highest BCUT2D eigenvalue weighted by Crippen LogP contribution is 2.35. The Labute approximate surface area is 194 Å². The maximum absolute atomic E-state index is 10.8. The van der Waals surface area contributed by atoms with Crippen LogP contribution in [0.1, 0.15) is 54.6 Å². The van der Waals surface area contributed by atoms with E-state index >= 15 is 0 Å². The summed E-state index contributed by atoms with van der Waals surface area (Å²) in [6.45, 7) is 0. The SMILES string of the molecule is Nc1ccc2c(c1)CCc1nc(NC(O)Cc3ccc(O)cc3)c(CC3CCCCC3)nc1-2. The summed E-state index contributed by atoms with van der Waals surface area (Å²) in [6, 6.07) is 13.0. The Balaban J connectivity index is 1.45. The topological polar surface area (TPSA) is 104 Å². The van der Waals surface area contributed by atoms with E-state index in [1.807, 2.05) is 24.3 Å². The van der Waals surface area contributed by atoms with Crippen LogP contribution < -0.4 is 11.1 Å². The first-order chi connectivity index (χ1) is 16.0. The molecule has 1 fully saturated rings. The second kappa shape index (κ2) is 9.40. The van der Waals surface area contributed by atoms with Gasteiger partial charge in [-0.05, 0) is 60.6 Å². The molecule has 172 valence electrons. The summed E-state index contributed by atoms with van der Waals surface area (Å²) in [7, 11) is 0. The number of aryl methyl sites for hydroxylation is 2. The molecule has 3 aromatic rings. The van der Waals surface area contributed by atoms with Gasteiger partial charge in [-0.2, -0.15) is 0 Å². The molecule has 0 bridgehead atoms. The number of fused-ring (bicyclic) bond motifs is 3. The van der Waals surface area contributed by atoms with Crippen molar-refractivity contribution in [2.75, 3.05) is 11.1 Å². The van der Waals surface area contributed by atoms with Crippen molar-refractivity contribution in [1.82, 2.24) is 9.97 Å². The number of nitrogen functional groups attached to an aromatic ring is 1. The van der Waals surface area contributed by atoms with E-state index in [4.69, 9.17) is 15.7 Å². The van der Waals surface area contributed by atoms with Gasteiger partial charge in [0.05, 0.1) is 17.1 Å². The fourth-order valence-corrected chi connectivity index (χ4v) is 5.19. The Morgan fingerprint density at radius 1 is 1.00 bits per heavy atom. The second-order valence-corrected chi connectivity index (χ2v) is 9.47. The number of anilines is 2. The minimum Gasteiger partial charge on any atom is -0.508 e. The zero-order valence-electron chi connectivity index (χ0n) is 18.9. The van der Waals surface area contributed by atoms with Gasteiger partial charge < -0.3 is 21.3 Å². The van der Waals surface area contributed by atoms with Gasteiger partial charge in [-0.25, -0.2) is 9.97 Å². The van der Waals surface area contributed by atoms with Gasteiger partial charge in [0.25, 0.3) is 0 Å². The van der Waals surface area contributed by atoms with Crippen molar-refractivity contribution in [3.63, 3.8) is 0 Å². The Morgan fingerprint density at radius 3 is 2.58 bits per heavy atom. The maximum Gasteiger partial charge on any atom is 0.150 e. The Kier molecular flexibility index (Phi) is 6.18. The maximum atomic E-state index is 10.8. The van der Waals surface area contributed by atoms with Gasteiger partial charge in [-0.1, -0.05) is 50.3 Å². The molecule has 1 saturated carbocycles. The number of phenolic OH excluding ortho intramolecular Hbond substituents is 1. The van der Waals surface area contributed by atoms with Crippen LogP contribution in [0.5, 0.6) is 5.75 Å². The monoisotopic (exact) mass is 444 g/mol. The molecule has 0 radical (unpaired) electrons. The van der Waals surface area contributed by atoms with Crippen LogP contribution in [0.25, 0.3) is 11.3 Å². The molecule has 1 aromatic heterocycles. The van der Waals surface area contributed by atoms with Crippen LogP contribution in [0.15, 0.2) is 42.5 Å². The molecule has 5 N–H and O–H groups in total. The van der Waals surface area contributed by atoms with Crippen molar-refractivity contribution in [1.29, 1.82) is 0 Å². The molecule has 1 unspecified atom stereocenters. The van der Waals surface area contributed by atoms with Gasteiger partial charge in [0.1, 0.15) is 17.8 Å². The molecule has 0 spiro atoms. The highest BCUT2D eigenvalue weighted by atomic mass is 16.3. The van der Waals surface area contributed by atoms with Crippen LogP contribution in [0.3, 0.4) is 0 Å². The van der Waals surface area contributed by atoms with Crippen LogP contribution in [0, 0.1) is 5.92 Å². The molecule has 0 aliphatic heterocycles. The van der Waals surface area contributed by atoms with E-state index in [0.717, 1.165) is 53.2 Å². The summed E-state index contributed by atoms with van der Waals surface area (Å²) in [5, 5.41) is 23.6. The Morgan fingerprint density at radius 2 is 1.79 bits per heavy atom. The van der Waals surface area contributed by atoms with Crippen molar-refractivity contribution < 1.29 is 10.2 Å². The van der Waals surface area contributed by atoms with E-state index in [1.165, 1.54) is 37.7 Å². The summed E-state index contributed by atoms with van der Waals surface area (Å²) >= 11 is 0. The number of aliphatic hydroxyl groups is 1. The van der Waals surface area contributed by atoms with E-state index in [0.29, 0.717) is 18.2 Å². The third-order valence-electron chi connectivity index (χ3n) is 6.93. The second-order valence-electron chi connectivity index (χ2n) is 9.47. The summed E-state index contributed by atoms with van der Waals surface area (Å²) in [5.74, 6) is 1.53. The van der Waals surface area contributed by atoms with Gasteiger partial charge in [0.2, 0.25) is 0 Å². The van der Waals surface area contributed by atoms with E-state index in [1.54, 1.807) is 12.1 Å². The number of rotatable bonds is 6. The molecule has 6 nitrogen and oxygen atoms in total. The number of hydrogen-bond donors (Lipinski definition) is 4. The molecule has 33 heavy (non-hydrogen) atoms. The Hall–Kier alpha value is -3.12. The first-order valence-electron chi connectivity index (χ1n) is 12.1. The molecule has 1 heterocycles. The summed E-state index contributed by atoms with van der Waals surface area (Å²) < 4.78 is 0. The number of nitrogens with two attached hydrogens (primary N) is 1. The molecular formula is C27H32N4O2. The zero-order chi connectivity index (χ0) is 22.8. The van der Waals surface area contributed by atoms with Crippen LogP contribution in [-0.4, -0.2) is 26.4 Å². The lowest BCUT2D eigenvalue weighted by atomic mass is 9.85. The van der Waals surface area contributed by atoms with Crippen molar-refractivity contribution in [2.24, 2.45) is 5.92 Å². The van der Waals surface area contributed by atoms with Gasteiger partial charge in [0.15, 0.2) is 0 Å². The van der Waals surface area contributed by atoms with E-state index < -0.39 is 6.23 Å². The predicted molar refractivity (Wildman–Crippen MR) is 131 cm³/mol. The molecule has 2 aliphatic rings. The molecule has 0 amide bonds. The Bertz CT molecular complexity index is 1120. The van der Waals surface area contributed by atoms with E-state index in [2.05, 4.69) is 11.4 Å². The number of hydrogen-bond acceptors (Lipinski definition) is 6. The minimum atomic E-state index is -0.789. The first-order valence-corrected chi connectivity index (χ1v) is 12.1. The molecule has 1 atom stereocenters. The number of phenols is 1. The van der Waals surface area contributed by atoms with Crippen LogP contribution in [-0.2, 0) is 25.7 Å². The first kappa shape index (κ1) is 21.7. The number of nitrogens with one attached hydrogen (secondary N) is 1. The van der Waals surface area contributed by atoms with Gasteiger partial charge in [-0.3, -0.25) is 0 Å². The summed E-state index contributed by atoms with van der Waals surface area (Å²) in [6.07, 6.45) is 8.52. The van der Waals surface area contributed by atoms with Crippen LogP contribution >= 0.6 is 0 Å². The molecule has 6 heteroatoms.